The van der Waals surface area contributed by atoms with Gasteiger partial charge < -0.3 is 9.32 Å². The Morgan fingerprint density at radius 2 is 1.60 bits per heavy atom. The summed E-state index contributed by atoms with van der Waals surface area (Å²) < 4.78 is 32.6. The highest BCUT2D eigenvalue weighted by molar-refractivity contribution is 7.89. The van der Waals surface area contributed by atoms with Crippen molar-refractivity contribution in [3.63, 3.8) is 0 Å². The molecule has 1 amide bonds. The second-order valence-electron chi connectivity index (χ2n) is 6.71. The van der Waals surface area contributed by atoms with E-state index < -0.39 is 10.0 Å². The Balaban J connectivity index is 1.83. The predicted octanol–water partition coefficient (Wildman–Crippen LogP) is 3.69. The van der Waals surface area contributed by atoms with E-state index in [1.807, 2.05) is 30.3 Å². The van der Waals surface area contributed by atoms with Gasteiger partial charge in [-0.1, -0.05) is 54.6 Å². The molecule has 1 aromatic heterocycles. The molecule has 0 atom stereocenters. The molecule has 0 radical (unpaired) electrons. The number of amides is 1. The maximum Gasteiger partial charge on any atom is 0.243 e. The molecule has 0 saturated carbocycles. The molecule has 0 aliphatic rings. The lowest BCUT2D eigenvalue weighted by atomic mass is 10.2. The molecule has 0 aliphatic heterocycles. The Morgan fingerprint density at radius 3 is 2.20 bits per heavy atom. The van der Waals surface area contributed by atoms with E-state index in [1.165, 1.54) is 18.2 Å². The fourth-order valence-electron chi connectivity index (χ4n) is 3.01. The summed E-state index contributed by atoms with van der Waals surface area (Å²) in [6, 6.07) is 21.2. The molecule has 3 rings (SSSR count). The number of hydrogen-bond donors (Lipinski definition) is 0. The molecule has 0 fully saturated rings. The van der Waals surface area contributed by atoms with Crippen LogP contribution in [0.1, 0.15) is 11.3 Å². The summed E-state index contributed by atoms with van der Waals surface area (Å²) in [5, 5.41) is 0. The lowest BCUT2D eigenvalue weighted by molar-refractivity contribution is -0.132. The summed E-state index contributed by atoms with van der Waals surface area (Å²) in [7, 11) is -3.84. The normalized spacial score (nSPS) is 11.4. The molecule has 156 valence electrons. The first-order valence-corrected chi connectivity index (χ1v) is 10.9. The van der Waals surface area contributed by atoms with E-state index in [0.717, 1.165) is 9.87 Å². The van der Waals surface area contributed by atoms with E-state index in [-0.39, 0.29) is 30.4 Å². The first-order chi connectivity index (χ1) is 14.5. The Bertz CT molecular complexity index is 1050. The summed E-state index contributed by atoms with van der Waals surface area (Å²) >= 11 is 0. The highest BCUT2D eigenvalue weighted by atomic mass is 32.2. The van der Waals surface area contributed by atoms with E-state index in [0.29, 0.717) is 12.3 Å². The molecule has 3 aromatic rings. The second kappa shape index (κ2) is 10.0. The van der Waals surface area contributed by atoms with E-state index in [2.05, 4.69) is 6.58 Å². The van der Waals surface area contributed by atoms with Crippen molar-refractivity contribution in [2.24, 2.45) is 0 Å². The van der Waals surface area contributed by atoms with Crippen molar-refractivity contribution >= 4 is 15.9 Å². The van der Waals surface area contributed by atoms with Gasteiger partial charge in [-0.15, -0.1) is 6.58 Å². The van der Waals surface area contributed by atoms with Gasteiger partial charge >= 0.3 is 0 Å². The zero-order valence-electron chi connectivity index (χ0n) is 16.6. The maximum atomic E-state index is 13.2. The first-order valence-electron chi connectivity index (χ1n) is 9.51. The number of furan rings is 1. The second-order valence-corrected chi connectivity index (χ2v) is 8.65. The summed E-state index contributed by atoms with van der Waals surface area (Å²) in [6.45, 7) is 3.96. The van der Waals surface area contributed by atoms with Crippen LogP contribution in [0.15, 0.2) is 101 Å². The van der Waals surface area contributed by atoms with Crippen LogP contribution >= 0.6 is 0 Å². The number of carbonyl (C=O) groups excluding carboxylic acids is 1. The molecular formula is C23H24N2O4S. The van der Waals surface area contributed by atoms with Crippen molar-refractivity contribution in [3.8, 4) is 0 Å². The minimum absolute atomic E-state index is 0.0307. The number of rotatable bonds is 10. The van der Waals surface area contributed by atoms with Crippen molar-refractivity contribution < 1.29 is 17.6 Å². The fraction of sp³-hybridized carbons (Fsp3) is 0.174. The first kappa shape index (κ1) is 21.5. The van der Waals surface area contributed by atoms with Gasteiger partial charge in [0, 0.05) is 13.1 Å². The van der Waals surface area contributed by atoms with Crippen molar-refractivity contribution in [1.29, 1.82) is 0 Å². The van der Waals surface area contributed by atoms with Crippen LogP contribution in [0.2, 0.25) is 0 Å². The van der Waals surface area contributed by atoms with Crippen molar-refractivity contribution in [2.45, 2.75) is 18.0 Å². The predicted molar refractivity (Wildman–Crippen MR) is 115 cm³/mol. The van der Waals surface area contributed by atoms with Crippen molar-refractivity contribution in [1.82, 2.24) is 9.21 Å². The number of carbonyl (C=O) groups is 1. The standard InChI is InChI=1S/C23H24N2O4S/c1-2-15-25(30(27,28)22-13-7-4-8-14-22)19-23(26)24(18-21-12-9-16-29-21)17-20-10-5-3-6-11-20/h2-14,16H,1,15,17-19H2. The smallest absolute Gasteiger partial charge is 0.243 e. The molecule has 0 bridgehead atoms. The van der Waals surface area contributed by atoms with E-state index >= 15 is 0 Å². The van der Waals surface area contributed by atoms with E-state index in [1.54, 1.807) is 41.5 Å². The Morgan fingerprint density at radius 1 is 0.933 bits per heavy atom. The average Bonchev–Trinajstić information content (AvgIpc) is 3.27. The van der Waals surface area contributed by atoms with Crippen LogP contribution in [-0.4, -0.2) is 36.6 Å². The molecule has 30 heavy (non-hydrogen) atoms. The van der Waals surface area contributed by atoms with E-state index in [9.17, 15) is 13.2 Å². The average molecular weight is 425 g/mol. The molecule has 0 N–H and O–H groups in total. The third-order valence-corrected chi connectivity index (χ3v) is 6.35. The Hall–Kier alpha value is -3.16. The quantitative estimate of drug-likeness (QED) is 0.466. The van der Waals surface area contributed by atoms with Crippen LogP contribution in [0, 0.1) is 0 Å². The highest BCUT2D eigenvalue weighted by Gasteiger charge is 2.28. The van der Waals surface area contributed by atoms with Crippen LogP contribution in [0.5, 0.6) is 0 Å². The van der Waals surface area contributed by atoms with Gasteiger partial charge in [0.05, 0.1) is 24.2 Å². The topological polar surface area (TPSA) is 70.8 Å². The van der Waals surface area contributed by atoms with Crippen LogP contribution in [0.4, 0.5) is 0 Å². The number of benzene rings is 2. The zero-order chi connectivity index (χ0) is 21.4. The van der Waals surface area contributed by atoms with Gasteiger partial charge in [0.25, 0.3) is 0 Å². The fourth-order valence-corrected chi connectivity index (χ4v) is 4.39. The molecule has 0 spiro atoms. The third-order valence-electron chi connectivity index (χ3n) is 4.52. The lowest BCUT2D eigenvalue weighted by Gasteiger charge is -2.26. The summed E-state index contributed by atoms with van der Waals surface area (Å²) in [6.07, 6.45) is 3.02. The molecule has 1 heterocycles. The highest BCUT2D eigenvalue weighted by Crippen LogP contribution is 2.17. The third kappa shape index (κ3) is 5.46. The molecule has 6 nitrogen and oxygen atoms in total. The van der Waals surface area contributed by atoms with Gasteiger partial charge in [-0.3, -0.25) is 4.79 Å². The monoisotopic (exact) mass is 424 g/mol. The minimum atomic E-state index is -3.84. The number of sulfonamides is 1. The largest absolute Gasteiger partial charge is 0.467 e. The van der Waals surface area contributed by atoms with Gasteiger partial charge in [0.2, 0.25) is 15.9 Å². The molecule has 0 unspecified atom stereocenters. The Kier molecular flexibility index (Phi) is 7.21. The van der Waals surface area contributed by atoms with Gasteiger partial charge in [-0.25, -0.2) is 8.42 Å². The van der Waals surface area contributed by atoms with Crippen molar-refractivity contribution in [3.05, 3.63) is 103 Å². The SMILES string of the molecule is C=CCN(CC(=O)N(Cc1ccccc1)Cc1ccco1)S(=O)(=O)c1ccccc1. The van der Waals surface area contributed by atoms with Crippen LogP contribution < -0.4 is 0 Å². The summed E-state index contributed by atoms with van der Waals surface area (Å²) in [5.41, 5.74) is 0.943. The van der Waals surface area contributed by atoms with Crippen LogP contribution in [-0.2, 0) is 27.9 Å². The van der Waals surface area contributed by atoms with Gasteiger partial charge in [-0.2, -0.15) is 4.31 Å². The summed E-state index contributed by atoms with van der Waals surface area (Å²) in [4.78, 5) is 14.9. The van der Waals surface area contributed by atoms with E-state index in [4.69, 9.17) is 4.42 Å². The van der Waals surface area contributed by atoms with Gasteiger partial charge in [-0.05, 0) is 29.8 Å². The molecular weight excluding hydrogens is 400 g/mol. The maximum absolute atomic E-state index is 13.2. The Labute approximate surface area is 177 Å². The number of nitrogens with zero attached hydrogens (tertiary/aromatic N) is 2. The molecule has 0 aliphatic carbocycles. The number of hydrogen-bond acceptors (Lipinski definition) is 4. The lowest BCUT2D eigenvalue weighted by Crippen LogP contribution is -2.42. The molecule has 2 aromatic carbocycles. The molecule has 0 saturated heterocycles. The van der Waals surface area contributed by atoms with Gasteiger partial charge in [0.15, 0.2) is 0 Å². The van der Waals surface area contributed by atoms with Crippen LogP contribution in [0.25, 0.3) is 0 Å². The van der Waals surface area contributed by atoms with Crippen molar-refractivity contribution in [2.75, 3.05) is 13.1 Å². The zero-order valence-corrected chi connectivity index (χ0v) is 17.4. The molecule has 7 heteroatoms. The van der Waals surface area contributed by atoms with Gasteiger partial charge in [0.1, 0.15) is 5.76 Å². The van der Waals surface area contributed by atoms with Crippen LogP contribution in [0.3, 0.4) is 0 Å². The minimum Gasteiger partial charge on any atom is -0.467 e. The summed E-state index contributed by atoms with van der Waals surface area (Å²) in [5.74, 6) is 0.303.